The number of pyridine rings is 1. The lowest BCUT2D eigenvalue weighted by molar-refractivity contribution is 0.0839. The Kier molecular flexibility index (Phi) is 3.85. The minimum atomic E-state index is -1.57. The second-order valence-corrected chi connectivity index (χ2v) is 6.43. The van der Waals surface area contributed by atoms with Crippen LogP contribution in [0.2, 0.25) is 0 Å². The molecule has 21 heavy (non-hydrogen) atoms. The van der Waals surface area contributed by atoms with Crippen molar-refractivity contribution in [3.05, 3.63) is 51.5 Å². The molecule has 0 aliphatic carbocycles. The van der Waals surface area contributed by atoms with Gasteiger partial charge in [-0.15, -0.1) is 0 Å². The fourth-order valence-electron chi connectivity index (χ4n) is 1.93. The van der Waals surface area contributed by atoms with Crippen molar-refractivity contribution in [3.63, 3.8) is 0 Å². The topological polar surface area (TPSA) is 42.0 Å². The molecule has 1 N–H and O–H groups in total. The average molecular weight is 416 g/mol. The molecule has 3 aromatic rings. The summed E-state index contributed by atoms with van der Waals surface area (Å²) in [4.78, 5) is 15.9. The molecule has 0 atom stereocenters. The second kappa shape index (κ2) is 5.64. The molecule has 0 fully saturated rings. The van der Waals surface area contributed by atoms with Crippen LogP contribution in [-0.2, 0) is 0 Å². The molecule has 0 saturated heterocycles. The van der Waals surface area contributed by atoms with Gasteiger partial charge in [0.1, 0.15) is 15.6 Å². The van der Waals surface area contributed by atoms with Crippen LogP contribution in [0.1, 0.15) is 10.4 Å². The minimum Gasteiger partial charge on any atom is -0.344 e. The van der Waals surface area contributed by atoms with Gasteiger partial charge in [-0.1, -0.05) is 11.3 Å². The maximum atomic E-state index is 13.9. The number of halogens is 3. The van der Waals surface area contributed by atoms with Gasteiger partial charge in [0.05, 0.1) is 11.3 Å². The highest BCUT2D eigenvalue weighted by atomic mass is 127. The average Bonchev–Trinajstić information content (AvgIpc) is 2.80. The highest BCUT2D eigenvalue weighted by molar-refractivity contribution is 14.1. The van der Waals surface area contributed by atoms with Crippen LogP contribution in [0.5, 0.6) is 0 Å². The quantitative estimate of drug-likeness (QED) is 0.488. The Morgan fingerprint density at radius 1 is 1.33 bits per heavy atom. The van der Waals surface area contributed by atoms with Gasteiger partial charge in [0.2, 0.25) is 0 Å². The monoisotopic (exact) mass is 416 g/mol. The van der Waals surface area contributed by atoms with Crippen molar-refractivity contribution in [2.75, 3.05) is 5.32 Å². The molecular weight excluding hydrogens is 409 g/mol. The summed E-state index contributed by atoms with van der Waals surface area (Å²) < 4.78 is 27.9. The van der Waals surface area contributed by atoms with E-state index in [2.05, 4.69) is 10.3 Å². The summed E-state index contributed by atoms with van der Waals surface area (Å²) in [6, 6.07) is 6.28. The molecule has 7 heteroatoms. The third kappa shape index (κ3) is 2.75. The number of carbonyl (C=O) groups excluding carboxylic acids is 1. The fraction of sp³-hybridized carbons (Fsp3) is 0. The number of rotatable bonds is 3. The predicted molar refractivity (Wildman–Crippen MR) is 87.5 cm³/mol. The van der Waals surface area contributed by atoms with Crippen LogP contribution in [0, 0.1) is 9.39 Å². The molecule has 2 heterocycles. The largest absolute Gasteiger partial charge is 0.344 e. The van der Waals surface area contributed by atoms with Gasteiger partial charge in [-0.2, -0.15) is 4.39 Å². The first-order valence-electron chi connectivity index (χ1n) is 5.85. The Morgan fingerprint density at radius 3 is 2.86 bits per heavy atom. The lowest BCUT2D eigenvalue weighted by atomic mass is 10.2. The molecule has 1 aromatic carbocycles. The Hall–Kier alpha value is -1.61. The van der Waals surface area contributed by atoms with Crippen molar-refractivity contribution in [1.82, 2.24) is 4.98 Å². The smallest absolute Gasteiger partial charge is 0.335 e. The number of thiophene rings is 1. The Balaban J connectivity index is 2.12. The number of benzene rings is 1. The van der Waals surface area contributed by atoms with Crippen molar-refractivity contribution < 1.29 is 13.6 Å². The molecule has 0 saturated carbocycles. The van der Waals surface area contributed by atoms with Crippen LogP contribution in [0.15, 0.2) is 36.5 Å². The molecular formula is C14H7F2IN2OS. The molecule has 0 aliphatic heterocycles. The molecule has 106 valence electrons. The summed E-state index contributed by atoms with van der Waals surface area (Å²) in [5.41, 5.74) is 0.0746. The van der Waals surface area contributed by atoms with E-state index in [1.165, 1.54) is 6.07 Å². The van der Waals surface area contributed by atoms with Gasteiger partial charge < -0.3 is 5.32 Å². The van der Waals surface area contributed by atoms with Crippen molar-refractivity contribution in [2.24, 2.45) is 0 Å². The number of anilines is 2. The van der Waals surface area contributed by atoms with E-state index in [0.29, 0.717) is 10.2 Å². The van der Waals surface area contributed by atoms with Crippen molar-refractivity contribution in [2.45, 2.75) is 0 Å². The van der Waals surface area contributed by atoms with Gasteiger partial charge >= 0.3 is 6.04 Å². The van der Waals surface area contributed by atoms with Gasteiger partial charge in [-0.05, 0) is 52.9 Å². The van der Waals surface area contributed by atoms with Crippen LogP contribution >= 0.6 is 33.9 Å². The van der Waals surface area contributed by atoms with E-state index in [0.717, 1.165) is 14.9 Å². The fourth-order valence-corrected chi connectivity index (χ4v) is 3.42. The number of hydrogen-bond acceptors (Lipinski definition) is 4. The van der Waals surface area contributed by atoms with Crippen molar-refractivity contribution in [3.8, 4) is 0 Å². The van der Waals surface area contributed by atoms with Crippen LogP contribution < -0.4 is 5.32 Å². The first kappa shape index (κ1) is 14.3. The highest BCUT2D eigenvalue weighted by Gasteiger charge is 2.20. The van der Waals surface area contributed by atoms with E-state index in [1.54, 1.807) is 30.5 Å². The molecule has 3 rings (SSSR count). The maximum absolute atomic E-state index is 13.9. The van der Waals surface area contributed by atoms with E-state index in [-0.39, 0.29) is 16.3 Å². The molecule has 0 bridgehead atoms. The number of hydrogen-bond donors (Lipinski definition) is 1. The molecule has 3 nitrogen and oxygen atoms in total. The Bertz CT molecular complexity index is 850. The van der Waals surface area contributed by atoms with E-state index >= 15 is 0 Å². The summed E-state index contributed by atoms with van der Waals surface area (Å²) in [6.45, 7) is 0. The van der Waals surface area contributed by atoms with Crippen LogP contribution in [0.3, 0.4) is 0 Å². The SMILES string of the molecule is O=C(F)c1c(Nc2ccc(I)cc2F)sc2ncccc12. The van der Waals surface area contributed by atoms with Crippen LogP contribution in [0.25, 0.3) is 10.2 Å². The van der Waals surface area contributed by atoms with E-state index in [9.17, 15) is 13.6 Å². The first-order valence-corrected chi connectivity index (χ1v) is 7.75. The van der Waals surface area contributed by atoms with E-state index in [4.69, 9.17) is 0 Å². The Morgan fingerprint density at radius 2 is 2.14 bits per heavy atom. The third-order valence-corrected chi connectivity index (χ3v) is 4.54. The van der Waals surface area contributed by atoms with E-state index in [1.807, 2.05) is 22.6 Å². The predicted octanol–water partition coefficient (Wildman–Crippen LogP) is 4.89. The molecule has 0 spiro atoms. The number of carbonyl (C=O) groups is 1. The van der Waals surface area contributed by atoms with Gasteiger partial charge in [0.15, 0.2) is 0 Å². The number of nitrogens with zero attached hydrogens (tertiary/aromatic N) is 1. The summed E-state index contributed by atoms with van der Waals surface area (Å²) in [6.07, 6.45) is 1.56. The minimum absolute atomic E-state index is 0.110. The zero-order valence-electron chi connectivity index (χ0n) is 10.4. The molecule has 2 aromatic heterocycles. The van der Waals surface area contributed by atoms with Gasteiger partial charge in [0.25, 0.3) is 0 Å². The zero-order chi connectivity index (χ0) is 15.0. The number of aromatic nitrogens is 1. The molecule has 0 aliphatic rings. The lowest BCUT2D eigenvalue weighted by Gasteiger charge is -2.06. The number of fused-ring (bicyclic) bond motifs is 1. The highest BCUT2D eigenvalue weighted by Crippen LogP contribution is 2.37. The molecule has 0 unspecified atom stereocenters. The second-order valence-electron chi connectivity index (χ2n) is 4.19. The molecule has 0 radical (unpaired) electrons. The summed E-state index contributed by atoms with van der Waals surface area (Å²) in [5, 5.41) is 3.44. The van der Waals surface area contributed by atoms with Gasteiger partial charge in [-0.3, -0.25) is 4.79 Å². The lowest BCUT2D eigenvalue weighted by Crippen LogP contribution is -1.98. The van der Waals surface area contributed by atoms with Crippen LogP contribution in [-0.4, -0.2) is 11.0 Å². The summed E-state index contributed by atoms with van der Waals surface area (Å²) in [7, 11) is 0. The normalized spacial score (nSPS) is 10.8. The van der Waals surface area contributed by atoms with Crippen LogP contribution in [0.4, 0.5) is 19.5 Å². The summed E-state index contributed by atoms with van der Waals surface area (Å²) in [5.74, 6) is -0.468. The summed E-state index contributed by atoms with van der Waals surface area (Å²) >= 11 is 3.10. The zero-order valence-corrected chi connectivity index (χ0v) is 13.3. The third-order valence-electron chi connectivity index (χ3n) is 2.84. The number of nitrogens with one attached hydrogen (secondary N) is 1. The standard InChI is InChI=1S/C14H7F2IN2OS/c15-9-6-7(17)3-4-10(9)19-14-11(12(16)20)8-2-1-5-18-13(8)21-14/h1-6,19H. The van der Waals surface area contributed by atoms with Gasteiger partial charge in [0, 0.05) is 15.2 Å². The first-order chi connectivity index (χ1) is 10.1. The van der Waals surface area contributed by atoms with Gasteiger partial charge in [-0.25, -0.2) is 9.37 Å². The Labute approximate surface area is 136 Å². The maximum Gasteiger partial charge on any atom is 0.335 e. The molecule has 0 amide bonds. The van der Waals surface area contributed by atoms with E-state index < -0.39 is 11.9 Å². The van der Waals surface area contributed by atoms with Crippen molar-refractivity contribution >= 4 is 60.9 Å². The van der Waals surface area contributed by atoms with Crippen molar-refractivity contribution in [1.29, 1.82) is 0 Å².